The van der Waals surface area contributed by atoms with Gasteiger partial charge in [0.15, 0.2) is 0 Å². The van der Waals surface area contributed by atoms with Gasteiger partial charge in [-0.05, 0) is 19.3 Å². The van der Waals surface area contributed by atoms with Crippen LogP contribution in [0.1, 0.15) is 25.7 Å². The second-order valence-electron chi connectivity index (χ2n) is 4.77. The predicted molar refractivity (Wildman–Crippen MR) is 65.8 cm³/mol. The first-order valence-corrected chi connectivity index (χ1v) is 6.88. The molecule has 0 bridgehead atoms. The molecule has 0 unspecified atom stereocenters. The minimum Gasteiger partial charge on any atom is -0.339 e. The molecule has 0 atom stereocenters. The van der Waals surface area contributed by atoms with Crippen LogP contribution in [0, 0.1) is 5.92 Å². The molecule has 1 saturated heterocycles. The van der Waals surface area contributed by atoms with Gasteiger partial charge in [0.25, 0.3) is 0 Å². The first-order valence-electron chi connectivity index (χ1n) is 6.35. The number of piperazine rings is 1. The Morgan fingerprint density at radius 3 is 2.18 bits per heavy atom. The van der Waals surface area contributed by atoms with Gasteiger partial charge < -0.3 is 9.80 Å². The molecule has 0 N–H and O–H groups in total. The van der Waals surface area contributed by atoms with Gasteiger partial charge in [-0.2, -0.15) is 0 Å². The average molecular weight is 259 g/mol. The molecule has 0 aromatic carbocycles. The van der Waals surface area contributed by atoms with Crippen molar-refractivity contribution < 1.29 is 9.59 Å². The maximum Gasteiger partial charge on any atom is 0.225 e. The molecule has 96 valence electrons. The van der Waals surface area contributed by atoms with Crippen LogP contribution >= 0.6 is 11.6 Å². The Morgan fingerprint density at radius 1 is 1.06 bits per heavy atom. The second-order valence-corrected chi connectivity index (χ2v) is 5.15. The highest BCUT2D eigenvalue weighted by atomic mass is 35.5. The van der Waals surface area contributed by atoms with E-state index in [1.165, 1.54) is 0 Å². The molecule has 0 spiro atoms. The summed E-state index contributed by atoms with van der Waals surface area (Å²) in [5.41, 5.74) is 0. The lowest BCUT2D eigenvalue weighted by molar-refractivity contribution is -0.140. The molecule has 17 heavy (non-hydrogen) atoms. The van der Waals surface area contributed by atoms with Gasteiger partial charge in [0.2, 0.25) is 11.8 Å². The van der Waals surface area contributed by atoms with Crippen molar-refractivity contribution in [2.24, 2.45) is 5.92 Å². The summed E-state index contributed by atoms with van der Waals surface area (Å²) in [4.78, 5) is 27.3. The van der Waals surface area contributed by atoms with Gasteiger partial charge in [-0.3, -0.25) is 9.59 Å². The van der Waals surface area contributed by atoms with Crippen molar-refractivity contribution in [2.45, 2.75) is 25.7 Å². The number of halogens is 1. The van der Waals surface area contributed by atoms with Crippen LogP contribution in [0.5, 0.6) is 0 Å². The fourth-order valence-corrected chi connectivity index (χ4v) is 2.27. The van der Waals surface area contributed by atoms with Crippen LogP contribution in [0.25, 0.3) is 0 Å². The Morgan fingerprint density at radius 2 is 1.65 bits per heavy atom. The van der Waals surface area contributed by atoms with E-state index in [-0.39, 0.29) is 17.7 Å². The van der Waals surface area contributed by atoms with Crippen molar-refractivity contribution in [1.82, 2.24) is 9.80 Å². The van der Waals surface area contributed by atoms with Crippen molar-refractivity contribution in [3.63, 3.8) is 0 Å². The van der Waals surface area contributed by atoms with Crippen LogP contribution in [-0.4, -0.2) is 53.7 Å². The Balaban J connectivity index is 1.73. The Hall–Kier alpha value is -0.770. The fraction of sp³-hybridized carbons (Fsp3) is 0.833. The predicted octanol–water partition coefficient (Wildman–Crippen LogP) is 1.09. The summed E-state index contributed by atoms with van der Waals surface area (Å²) in [6.07, 6.45) is 3.36. The van der Waals surface area contributed by atoms with Gasteiger partial charge in [0, 0.05) is 44.4 Å². The Kier molecular flexibility index (Phi) is 4.26. The topological polar surface area (TPSA) is 40.6 Å². The largest absolute Gasteiger partial charge is 0.339 e. The van der Waals surface area contributed by atoms with E-state index in [1.54, 1.807) is 0 Å². The van der Waals surface area contributed by atoms with Gasteiger partial charge in [-0.15, -0.1) is 11.6 Å². The number of rotatable bonds is 4. The summed E-state index contributed by atoms with van der Waals surface area (Å²) in [5, 5.41) is 0. The highest BCUT2D eigenvalue weighted by Crippen LogP contribution is 2.31. The number of carbonyl (C=O) groups excluding carboxylic acids is 2. The second kappa shape index (κ2) is 5.71. The summed E-state index contributed by atoms with van der Waals surface area (Å²) in [5.74, 6) is 1.28. The van der Waals surface area contributed by atoms with Crippen molar-refractivity contribution in [1.29, 1.82) is 0 Å². The minimum atomic E-state index is 0.171. The lowest BCUT2D eigenvalue weighted by atomic mass is 10.2. The Labute approximate surface area is 107 Å². The molecule has 0 radical (unpaired) electrons. The van der Waals surface area contributed by atoms with Crippen molar-refractivity contribution in [2.75, 3.05) is 32.1 Å². The molecule has 0 aromatic rings. The van der Waals surface area contributed by atoms with Crippen molar-refractivity contribution in [3.05, 3.63) is 0 Å². The fourth-order valence-electron chi connectivity index (χ4n) is 2.14. The summed E-state index contributed by atoms with van der Waals surface area (Å²) < 4.78 is 0. The van der Waals surface area contributed by atoms with Gasteiger partial charge in [-0.1, -0.05) is 0 Å². The number of carbonyl (C=O) groups is 2. The van der Waals surface area contributed by atoms with Crippen LogP contribution in [0.3, 0.4) is 0 Å². The summed E-state index contributed by atoms with van der Waals surface area (Å²) >= 11 is 5.57. The first-order chi connectivity index (χ1) is 8.22. The summed E-state index contributed by atoms with van der Waals surface area (Å²) in [6.45, 7) is 2.75. The van der Waals surface area contributed by atoms with Crippen LogP contribution in [-0.2, 0) is 9.59 Å². The number of nitrogens with zero attached hydrogens (tertiary/aromatic N) is 2. The molecule has 4 nitrogen and oxygen atoms in total. The molecule has 5 heteroatoms. The maximum atomic E-state index is 11.8. The van der Waals surface area contributed by atoms with E-state index >= 15 is 0 Å². The van der Waals surface area contributed by atoms with Gasteiger partial charge in [0.05, 0.1) is 0 Å². The number of hydrogen-bond acceptors (Lipinski definition) is 2. The zero-order valence-corrected chi connectivity index (χ0v) is 10.8. The van der Waals surface area contributed by atoms with Crippen LogP contribution in [0.2, 0.25) is 0 Å². The number of alkyl halides is 1. The highest BCUT2D eigenvalue weighted by molar-refractivity contribution is 6.17. The Bertz CT molecular complexity index is 297. The molecule has 1 saturated carbocycles. The summed E-state index contributed by atoms with van der Waals surface area (Å²) in [6, 6.07) is 0. The first kappa shape index (κ1) is 12.7. The molecule has 1 heterocycles. The molecule has 1 aliphatic heterocycles. The van der Waals surface area contributed by atoms with Gasteiger partial charge in [-0.25, -0.2) is 0 Å². The standard InChI is InChI=1S/C12H19ClN2O2/c13-5-1-2-11(16)14-6-8-15(9-7-14)12(17)10-3-4-10/h10H,1-9H2. The van der Waals surface area contributed by atoms with E-state index < -0.39 is 0 Å². The van der Waals surface area contributed by atoms with Crippen LogP contribution in [0.4, 0.5) is 0 Å². The van der Waals surface area contributed by atoms with Gasteiger partial charge >= 0.3 is 0 Å². The molecule has 2 fully saturated rings. The lowest BCUT2D eigenvalue weighted by Crippen LogP contribution is -2.51. The lowest BCUT2D eigenvalue weighted by Gasteiger charge is -2.35. The minimum absolute atomic E-state index is 0.171. The summed E-state index contributed by atoms with van der Waals surface area (Å²) in [7, 11) is 0. The molecular formula is C12H19ClN2O2. The molecule has 2 aliphatic rings. The third-order valence-corrected chi connectivity index (χ3v) is 3.66. The monoisotopic (exact) mass is 258 g/mol. The van der Waals surface area contributed by atoms with Crippen LogP contribution < -0.4 is 0 Å². The van der Waals surface area contributed by atoms with Crippen LogP contribution in [0.15, 0.2) is 0 Å². The third kappa shape index (κ3) is 3.35. The molecule has 2 amide bonds. The smallest absolute Gasteiger partial charge is 0.225 e. The number of hydrogen-bond donors (Lipinski definition) is 0. The van der Waals surface area contributed by atoms with E-state index in [1.807, 2.05) is 9.80 Å². The van der Waals surface area contributed by atoms with Crippen molar-refractivity contribution >= 4 is 23.4 Å². The van der Waals surface area contributed by atoms with E-state index in [9.17, 15) is 9.59 Å². The van der Waals surface area contributed by atoms with E-state index in [4.69, 9.17) is 11.6 Å². The van der Waals surface area contributed by atoms with E-state index in [0.29, 0.717) is 38.5 Å². The molecular weight excluding hydrogens is 240 g/mol. The van der Waals surface area contributed by atoms with E-state index in [2.05, 4.69) is 0 Å². The van der Waals surface area contributed by atoms with Gasteiger partial charge in [0.1, 0.15) is 0 Å². The highest BCUT2D eigenvalue weighted by Gasteiger charge is 2.34. The third-order valence-electron chi connectivity index (χ3n) is 3.39. The van der Waals surface area contributed by atoms with Crippen molar-refractivity contribution in [3.8, 4) is 0 Å². The quantitative estimate of drug-likeness (QED) is 0.709. The molecule has 2 rings (SSSR count). The normalized spacial score (nSPS) is 20.5. The molecule has 1 aliphatic carbocycles. The number of amides is 2. The van der Waals surface area contributed by atoms with E-state index in [0.717, 1.165) is 19.3 Å². The zero-order chi connectivity index (χ0) is 12.3. The zero-order valence-electron chi connectivity index (χ0n) is 10.0. The molecule has 0 aromatic heterocycles. The average Bonchev–Trinajstić information content (AvgIpc) is 3.19. The maximum absolute atomic E-state index is 11.8. The SMILES string of the molecule is O=C(CCCCl)N1CCN(C(=O)C2CC2)CC1.